The van der Waals surface area contributed by atoms with Crippen LogP contribution in [0.3, 0.4) is 0 Å². The standard InChI is InChI=1S/C25H27NO7/c1-3-32-20-13-16(8-11-19(20)27)22-21(23(28)15-6-9-17(31-2)10-7-15)24(29)25(30)26(22)14-18-5-4-12-33-18/h6-11,13,18,22,27-28H,3-5,12,14H2,1-2H3/b23-21+/t18-,22+/m0/s1. The van der Waals surface area contributed by atoms with E-state index in [0.29, 0.717) is 30.1 Å². The van der Waals surface area contributed by atoms with Gasteiger partial charge in [0.2, 0.25) is 0 Å². The molecule has 174 valence electrons. The number of phenols is 1. The fraction of sp³-hybridized carbons (Fsp3) is 0.360. The number of likely N-dealkylation sites (tertiary alicyclic amines) is 1. The summed E-state index contributed by atoms with van der Waals surface area (Å²) in [5.74, 6) is -0.952. The van der Waals surface area contributed by atoms with Crippen LogP contribution in [0.2, 0.25) is 0 Å². The van der Waals surface area contributed by atoms with E-state index in [4.69, 9.17) is 14.2 Å². The second-order valence-corrected chi connectivity index (χ2v) is 7.98. The fourth-order valence-electron chi connectivity index (χ4n) is 4.30. The molecule has 2 N–H and O–H groups in total. The van der Waals surface area contributed by atoms with Gasteiger partial charge < -0.3 is 29.3 Å². The van der Waals surface area contributed by atoms with Gasteiger partial charge in [0.25, 0.3) is 11.7 Å². The van der Waals surface area contributed by atoms with Crippen LogP contribution in [0.5, 0.6) is 17.2 Å². The Labute approximate surface area is 192 Å². The first-order valence-corrected chi connectivity index (χ1v) is 10.9. The molecule has 0 saturated carbocycles. The number of Topliss-reactive ketones (excluding diaryl/α,β-unsaturated/α-hetero) is 1. The summed E-state index contributed by atoms with van der Waals surface area (Å²) in [6.07, 6.45) is 1.49. The average molecular weight is 453 g/mol. The molecule has 2 saturated heterocycles. The number of hydrogen-bond donors (Lipinski definition) is 2. The third-order valence-electron chi connectivity index (χ3n) is 5.93. The predicted molar refractivity (Wildman–Crippen MR) is 120 cm³/mol. The van der Waals surface area contributed by atoms with Crippen LogP contribution < -0.4 is 9.47 Å². The summed E-state index contributed by atoms with van der Waals surface area (Å²) in [6, 6.07) is 10.4. The van der Waals surface area contributed by atoms with Crippen molar-refractivity contribution < 1.29 is 34.0 Å². The molecule has 0 aromatic heterocycles. The van der Waals surface area contributed by atoms with Crippen LogP contribution in [-0.4, -0.2) is 59.8 Å². The summed E-state index contributed by atoms with van der Waals surface area (Å²) in [6.45, 7) is 2.95. The van der Waals surface area contributed by atoms with Crippen molar-refractivity contribution in [1.29, 1.82) is 0 Å². The molecule has 1 amide bonds. The van der Waals surface area contributed by atoms with Gasteiger partial charge in [-0.1, -0.05) is 6.07 Å². The first kappa shape index (κ1) is 22.7. The van der Waals surface area contributed by atoms with E-state index in [1.54, 1.807) is 43.3 Å². The van der Waals surface area contributed by atoms with Crippen LogP contribution in [-0.2, 0) is 14.3 Å². The lowest BCUT2D eigenvalue weighted by Crippen LogP contribution is -2.36. The van der Waals surface area contributed by atoms with Gasteiger partial charge in [0.15, 0.2) is 11.5 Å². The number of aromatic hydroxyl groups is 1. The average Bonchev–Trinajstić information content (AvgIpc) is 3.43. The van der Waals surface area contributed by atoms with Crippen molar-refractivity contribution in [2.75, 3.05) is 26.9 Å². The number of carbonyl (C=O) groups excluding carboxylic acids is 2. The molecule has 2 heterocycles. The van der Waals surface area contributed by atoms with E-state index >= 15 is 0 Å². The van der Waals surface area contributed by atoms with E-state index in [2.05, 4.69) is 0 Å². The molecular formula is C25H27NO7. The fourth-order valence-corrected chi connectivity index (χ4v) is 4.30. The zero-order valence-corrected chi connectivity index (χ0v) is 18.6. The van der Waals surface area contributed by atoms with Crippen LogP contribution in [0.25, 0.3) is 5.76 Å². The Bertz CT molecular complexity index is 1070. The minimum absolute atomic E-state index is 0.0173. The van der Waals surface area contributed by atoms with Crippen LogP contribution in [0.4, 0.5) is 0 Å². The zero-order valence-electron chi connectivity index (χ0n) is 18.6. The van der Waals surface area contributed by atoms with E-state index in [9.17, 15) is 19.8 Å². The molecule has 8 nitrogen and oxygen atoms in total. The molecule has 0 spiro atoms. The maximum Gasteiger partial charge on any atom is 0.295 e. The van der Waals surface area contributed by atoms with Crippen molar-refractivity contribution in [3.63, 3.8) is 0 Å². The number of ether oxygens (including phenoxy) is 3. The summed E-state index contributed by atoms with van der Waals surface area (Å²) in [5.41, 5.74) is 0.916. The molecule has 2 aliphatic rings. The summed E-state index contributed by atoms with van der Waals surface area (Å²) >= 11 is 0. The number of ketones is 1. The third kappa shape index (κ3) is 4.39. The Kier molecular flexibility index (Phi) is 6.55. The SMILES string of the molecule is CCOc1cc([C@@H]2/C(=C(\O)c3ccc(OC)cc3)C(=O)C(=O)N2C[C@@H]2CCCO2)ccc1O. The largest absolute Gasteiger partial charge is 0.507 e. The van der Waals surface area contributed by atoms with E-state index in [0.717, 1.165) is 12.8 Å². The molecule has 33 heavy (non-hydrogen) atoms. The van der Waals surface area contributed by atoms with Gasteiger partial charge in [-0.25, -0.2) is 0 Å². The number of rotatable bonds is 7. The lowest BCUT2D eigenvalue weighted by atomic mass is 9.94. The lowest BCUT2D eigenvalue weighted by Gasteiger charge is -2.28. The number of hydrogen-bond acceptors (Lipinski definition) is 7. The number of aliphatic hydroxyl groups is 1. The smallest absolute Gasteiger partial charge is 0.295 e. The Balaban J connectivity index is 1.83. The monoisotopic (exact) mass is 453 g/mol. The van der Waals surface area contributed by atoms with Crippen molar-refractivity contribution in [1.82, 2.24) is 4.90 Å². The highest BCUT2D eigenvalue weighted by Crippen LogP contribution is 2.42. The molecule has 8 heteroatoms. The summed E-state index contributed by atoms with van der Waals surface area (Å²) in [7, 11) is 1.53. The van der Waals surface area contributed by atoms with Gasteiger partial charge in [0, 0.05) is 18.7 Å². The normalized spacial score (nSPS) is 22.1. The van der Waals surface area contributed by atoms with Gasteiger partial charge in [-0.15, -0.1) is 0 Å². The molecule has 2 aromatic rings. The van der Waals surface area contributed by atoms with E-state index in [1.807, 2.05) is 0 Å². The summed E-state index contributed by atoms with van der Waals surface area (Å²) in [4.78, 5) is 27.6. The Morgan fingerprint density at radius 2 is 1.94 bits per heavy atom. The second-order valence-electron chi connectivity index (χ2n) is 7.98. The Hall–Kier alpha value is -3.52. The Morgan fingerprint density at radius 3 is 2.58 bits per heavy atom. The van der Waals surface area contributed by atoms with E-state index in [1.165, 1.54) is 18.1 Å². The number of amides is 1. The molecule has 2 atom stereocenters. The minimum atomic E-state index is -0.851. The highest BCUT2D eigenvalue weighted by Gasteiger charge is 2.47. The quantitative estimate of drug-likeness (QED) is 0.376. The number of benzene rings is 2. The molecule has 0 unspecified atom stereocenters. The molecule has 2 fully saturated rings. The van der Waals surface area contributed by atoms with Crippen LogP contribution >= 0.6 is 0 Å². The second kappa shape index (κ2) is 9.54. The van der Waals surface area contributed by atoms with Gasteiger partial charge in [-0.2, -0.15) is 0 Å². The van der Waals surface area contributed by atoms with Crippen LogP contribution in [0.1, 0.15) is 36.9 Å². The van der Waals surface area contributed by atoms with Gasteiger partial charge >= 0.3 is 0 Å². The van der Waals surface area contributed by atoms with Crippen LogP contribution in [0, 0.1) is 0 Å². The molecule has 0 bridgehead atoms. The number of phenolic OH excluding ortho intramolecular Hbond substituents is 1. The molecule has 0 radical (unpaired) electrons. The number of aliphatic hydroxyl groups excluding tert-OH is 1. The first-order chi connectivity index (χ1) is 15.9. The zero-order chi connectivity index (χ0) is 23.5. The van der Waals surface area contributed by atoms with Crippen molar-refractivity contribution in [3.05, 3.63) is 59.2 Å². The maximum atomic E-state index is 13.1. The molecule has 2 aromatic carbocycles. The maximum absolute atomic E-state index is 13.1. The van der Waals surface area contributed by atoms with Crippen molar-refractivity contribution in [2.45, 2.75) is 31.9 Å². The molecule has 2 aliphatic heterocycles. The number of nitrogens with zero attached hydrogens (tertiary/aromatic N) is 1. The highest BCUT2D eigenvalue weighted by molar-refractivity contribution is 6.46. The third-order valence-corrected chi connectivity index (χ3v) is 5.93. The molecule has 0 aliphatic carbocycles. The topological polar surface area (TPSA) is 106 Å². The summed E-state index contributed by atoms with van der Waals surface area (Å²) < 4.78 is 16.4. The van der Waals surface area contributed by atoms with Crippen molar-refractivity contribution in [3.8, 4) is 17.2 Å². The summed E-state index contributed by atoms with van der Waals surface area (Å²) in [5, 5.41) is 21.3. The lowest BCUT2D eigenvalue weighted by molar-refractivity contribution is -0.140. The van der Waals surface area contributed by atoms with Gasteiger partial charge in [0.1, 0.15) is 11.5 Å². The van der Waals surface area contributed by atoms with Crippen molar-refractivity contribution in [2.24, 2.45) is 0 Å². The van der Waals surface area contributed by atoms with Crippen molar-refractivity contribution >= 4 is 17.4 Å². The van der Waals surface area contributed by atoms with Crippen LogP contribution in [0.15, 0.2) is 48.0 Å². The number of methoxy groups -OCH3 is 1. The molecular weight excluding hydrogens is 426 g/mol. The van der Waals surface area contributed by atoms with E-state index in [-0.39, 0.29) is 35.5 Å². The minimum Gasteiger partial charge on any atom is -0.507 e. The molecule has 4 rings (SSSR count). The highest BCUT2D eigenvalue weighted by atomic mass is 16.5. The van der Waals surface area contributed by atoms with Gasteiger partial charge in [-0.3, -0.25) is 9.59 Å². The van der Waals surface area contributed by atoms with Gasteiger partial charge in [0.05, 0.1) is 31.4 Å². The number of carbonyl (C=O) groups is 2. The Morgan fingerprint density at radius 1 is 1.18 bits per heavy atom. The first-order valence-electron chi connectivity index (χ1n) is 10.9. The van der Waals surface area contributed by atoms with E-state index < -0.39 is 17.7 Å². The predicted octanol–water partition coefficient (Wildman–Crippen LogP) is 3.40. The van der Waals surface area contributed by atoms with Gasteiger partial charge in [-0.05, 0) is 61.7 Å².